The predicted octanol–water partition coefficient (Wildman–Crippen LogP) is 1.85. The highest BCUT2D eigenvalue weighted by Gasteiger charge is 2.13. The molecule has 24 heavy (non-hydrogen) atoms. The Morgan fingerprint density at radius 3 is 2.29 bits per heavy atom. The molecule has 0 aliphatic rings. The van der Waals surface area contributed by atoms with Crippen LogP contribution in [0.1, 0.15) is 11.1 Å². The summed E-state index contributed by atoms with van der Waals surface area (Å²) in [5.74, 6) is -0.438. The van der Waals surface area contributed by atoms with Gasteiger partial charge in [-0.15, -0.1) is 0 Å². The van der Waals surface area contributed by atoms with Gasteiger partial charge in [-0.2, -0.15) is 0 Å². The summed E-state index contributed by atoms with van der Waals surface area (Å²) in [5, 5.41) is 10.4. The van der Waals surface area contributed by atoms with E-state index < -0.39 is 17.1 Å². The molecule has 2 N–H and O–H groups in total. The van der Waals surface area contributed by atoms with Crippen LogP contribution in [0.15, 0.2) is 75.2 Å². The summed E-state index contributed by atoms with van der Waals surface area (Å²) in [7, 11) is 0. The fourth-order valence-electron chi connectivity index (χ4n) is 2.30. The Balaban J connectivity index is 2.00. The minimum Gasteiger partial charge on any atom is -0.493 e. The molecule has 0 bridgehead atoms. The van der Waals surface area contributed by atoms with Gasteiger partial charge in [0.25, 0.3) is 5.56 Å². The zero-order valence-electron chi connectivity index (χ0n) is 12.7. The summed E-state index contributed by atoms with van der Waals surface area (Å²) in [6.45, 7) is 0.365. The average Bonchev–Trinajstić information content (AvgIpc) is 2.59. The van der Waals surface area contributed by atoms with E-state index in [2.05, 4.69) is 9.98 Å². The molecule has 0 amide bonds. The van der Waals surface area contributed by atoms with Crippen LogP contribution in [-0.4, -0.2) is 20.9 Å². The highest BCUT2D eigenvalue weighted by molar-refractivity contribution is 5.82. The number of nitrogens with one attached hydrogen (secondary N) is 1. The normalized spacial score (nSPS) is 11.0. The molecule has 0 radical (unpaired) electrons. The smallest absolute Gasteiger partial charge is 0.335 e. The van der Waals surface area contributed by atoms with E-state index in [1.807, 2.05) is 30.3 Å². The molecule has 0 saturated heterocycles. The van der Waals surface area contributed by atoms with Crippen molar-refractivity contribution in [3.8, 4) is 11.6 Å². The van der Waals surface area contributed by atoms with E-state index in [-0.39, 0.29) is 5.56 Å². The fourth-order valence-corrected chi connectivity index (χ4v) is 2.30. The van der Waals surface area contributed by atoms with Crippen molar-refractivity contribution >= 4 is 6.21 Å². The number of aromatic nitrogens is 2. The number of hydrogen-bond acceptors (Lipinski definition) is 4. The van der Waals surface area contributed by atoms with Gasteiger partial charge in [0.05, 0.1) is 12.2 Å². The van der Waals surface area contributed by atoms with Gasteiger partial charge in [-0.3, -0.25) is 14.8 Å². The SMILES string of the molecule is O=c1[nH]c(=O)n(-c2ccccc2)c(O)c1C=NCc1ccccc1. The zero-order valence-corrected chi connectivity index (χ0v) is 12.7. The van der Waals surface area contributed by atoms with Crippen LogP contribution < -0.4 is 11.2 Å². The highest BCUT2D eigenvalue weighted by atomic mass is 16.3. The minimum atomic E-state index is -0.705. The van der Waals surface area contributed by atoms with Crippen molar-refractivity contribution < 1.29 is 5.11 Å². The molecule has 6 nitrogen and oxygen atoms in total. The molecule has 0 aliphatic carbocycles. The maximum Gasteiger partial charge on any atom is 0.335 e. The molecule has 2 aromatic carbocycles. The molecule has 0 atom stereocenters. The van der Waals surface area contributed by atoms with Crippen LogP contribution in [-0.2, 0) is 6.54 Å². The Morgan fingerprint density at radius 1 is 1.00 bits per heavy atom. The predicted molar refractivity (Wildman–Crippen MR) is 92.1 cm³/mol. The van der Waals surface area contributed by atoms with E-state index in [0.29, 0.717) is 12.2 Å². The second-order valence-electron chi connectivity index (χ2n) is 5.12. The van der Waals surface area contributed by atoms with E-state index in [9.17, 15) is 14.7 Å². The quantitative estimate of drug-likeness (QED) is 0.719. The Labute approximate surface area is 137 Å². The summed E-state index contributed by atoms with van der Waals surface area (Å²) < 4.78 is 1.03. The monoisotopic (exact) mass is 321 g/mol. The third kappa shape index (κ3) is 3.17. The summed E-state index contributed by atoms with van der Waals surface area (Å²) in [4.78, 5) is 30.4. The third-order valence-electron chi connectivity index (χ3n) is 3.47. The van der Waals surface area contributed by atoms with Crippen molar-refractivity contribution in [3.63, 3.8) is 0 Å². The van der Waals surface area contributed by atoms with E-state index in [4.69, 9.17) is 0 Å². The molecule has 6 heteroatoms. The molecule has 0 saturated carbocycles. The number of hydrogen-bond donors (Lipinski definition) is 2. The lowest BCUT2D eigenvalue weighted by Crippen LogP contribution is -2.31. The summed E-state index contributed by atoms with van der Waals surface area (Å²) in [5.41, 5.74) is -0.0187. The molecule has 1 aromatic heterocycles. The molecule has 0 fully saturated rings. The fraction of sp³-hybridized carbons (Fsp3) is 0.0556. The van der Waals surface area contributed by atoms with Crippen LogP contribution >= 0.6 is 0 Å². The van der Waals surface area contributed by atoms with Gasteiger partial charge in [-0.05, 0) is 17.7 Å². The summed E-state index contributed by atoms with van der Waals surface area (Å²) in [6.07, 6.45) is 1.28. The first-order valence-corrected chi connectivity index (χ1v) is 7.34. The topological polar surface area (TPSA) is 87.5 Å². The van der Waals surface area contributed by atoms with Crippen LogP contribution in [0.3, 0.4) is 0 Å². The standard InChI is InChI=1S/C18H15N3O3/c22-16-15(12-19-11-13-7-3-1-4-8-13)17(23)21(18(24)20-16)14-9-5-2-6-10-14/h1-10,12,23H,11H2,(H,20,22,24). The Kier molecular flexibility index (Phi) is 4.38. The molecule has 1 heterocycles. The van der Waals surface area contributed by atoms with Crippen LogP contribution in [0, 0.1) is 0 Å². The molecule has 120 valence electrons. The number of para-hydroxylation sites is 1. The van der Waals surface area contributed by atoms with E-state index >= 15 is 0 Å². The van der Waals surface area contributed by atoms with Gasteiger partial charge in [-0.1, -0.05) is 48.5 Å². The molecule has 0 spiro atoms. The number of aromatic amines is 1. The first-order valence-electron chi connectivity index (χ1n) is 7.34. The second-order valence-corrected chi connectivity index (χ2v) is 5.12. The number of H-pyrrole nitrogens is 1. The van der Waals surface area contributed by atoms with Crippen LogP contribution in [0.5, 0.6) is 5.88 Å². The molecule has 3 aromatic rings. The van der Waals surface area contributed by atoms with E-state index in [0.717, 1.165) is 10.1 Å². The van der Waals surface area contributed by atoms with Gasteiger partial charge >= 0.3 is 5.69 Å². The van der Waals surface area contributed by atoms with Gasteiger partial charge in [0.15, 0.2) is 0 Å². The Hall–Kier alpha value is -3.41. The van der Waals surface area contributed by atoms with Crippen LogP contribution in [0.25, 0.3) is 5.69 Å². The molecule has 3 rings (SSSR count). The molecule has 0 unspecified atom stereocenters. The third-order valence-corrected chi connectivity index (χ3v) is 3.47. The highest BCUT2D eigenvalue weighted by Crippen LogP contribution is 2.14. The molecular formula is C18H15N3O3. The van der Waals surface area contributed by atoms with Gasteiger partial charge in [0, 0.05) is 6.21 Å². The van der Waals surface area contributed by atoms with Crippen molar-refractivity contribution in [3.05, 3.63) is 92.6 Å². The van der Waals surface area contributed by atoms with Crippen LogP contribution in [0.4, 0.5) is 0 Å². The molecular weight excluding hydrogens is 306 g/mol. The lowest BCUT2D eigenvalue weighted by Gasteiger charge is -2.09. The summed E-state index contributed by atoms with van der Waals surface area (Å²) in [6, 6.07) is 18.1. The van der Waals surface area contributed by atoms with E-state index in [1.54, 1.807) is 30.3 Å². The van der Waals surface area contributed by atoms with E-state index in [1.165, 1.54) is 6.21 Å². The Bertz CT molecular complexity index is 974. The van der Waals surface area contributed by atoms with Crippen molar-refractivity contribution in [1.82, 2.24) is 9.55 Å². The number of nitrogens with zero attached hydrogens (tertiary/aromatic N) is 2. The first-order chi connectivity index (χ1) is 11.7. The van der Waals surface area contributed by atoms with Crippen molar-refractivity contribution in [1.29, 1.82) is 0 Å². The van der Waals surface area contributed by atoms with Crippen LogP contribution in [0.2, 0.25) is 0 Å². The summed E-state index contributed by atoms with van der Waals surface area (Å²) >= 11 is 0. The maximum absolute atomic E-state index is 12.0. The largest absolute Gasteiger partial charge is 0.493 e. The number of benzene rings is 2. The number of rotatable bonds is 4. The second kappa shape index (κ2) is 6.78. The Morgan fingerprint density at radius 2 is 1.62 bits per heavy atom. The number of aromatic hydroxyl groups is 1. The van der Waals surface area contributed by atoms with Gasteiger partial charge in [-0.25, -0.2) is 9.36 Å². The maximum atomic E-state index is 12.0. The van der Waals surface area contributed by atoms with Gasteiger partial charge < -0.3 is 5.11 Å². The van der Waals surface area contributed by atoms with Crippen molar-refractivity contribution in [2.75, 3.05) is 0 Å². The van der Waals surface area contributed by atoms with Gasteiger partial charge in [0.1, 0.15) is 5.56 Å². The molecule has 0 aliphatic heterocycles. The van der Waals surface area contributed by atoms with Gasteiger partial charge in [0.2, 0.25) is 5.88 Å². The first kappa shape index (κ1) is 15.5. The number of aliphatic imine (C=N–C) groups is 1. The van der Waals surface area contributed by atoms with Crippen molar-refractivity contribution in [2.45, 2.75) is 6.54 Å². The average molecular weight is 321 g/mol. The minimum absolute atomic E-state index is 0.0608. The van der Waals surface area contributed by atoms with Crippen molar-refractivity contribution in [2.24, 2.45) is 4.99 Å². The lowest BCUT2D eigenvalue weighted by atomic mass is 10.2. The zero-order chi connectivity index (χ0) is 16.9. The lowest BCUT2D eigenvalue weighted by molar-refractivity contribution is 0.430.